The highest BCUT2D eigenvalue weighted by atomic mass is 35.5. The lowest BCUT2D eigenvalue weighted by Crippen LogP contribution is -2.34. The van der Waals surface area contributed by atoms with Gasteiger partial charge in [0.05, 0.1) is 17.8 Å². The number of aromatic hydroxyl groups is 1. The van der Waals surface area contributed by atoms with Gasteiger partial charge in [0.25, 0.3) is 11.8 Å². The highest BCUT2D eigenvalue weighted by Gasteiger charge is 2.17. The molecule has 0 spiro atoms. The smallest absolute Gasteiger partial charge is 0.263 e. The van der Waals surface area contributed by atoms with Crippen molar-refractivity contribution < 1.29 is 14.7 Å². The Balaban J connectivity index is 1.39. The standard InChI is InChI=1S/C22H16ClN3O3S/c23-20-15-7-3-4-8-18(15)30-21(20)22(29)24-12-19(28)26-25-11-16-14-6-2-1-5-13(14)9-10-17(16)27/h1-11,27H,12H2,(H,24,29)(H,26,28). The molecule has 2 amide bonds. The summed E-state index contributed by atoms with van der Waals surface area (Å²) in [6.45, 7) is -0.262. The van der Waals surface area contributed by atoms with Crippen molar-refractivity contribution in [2.45, 2.75) is 0 Å². The Kier molecular flexibility index (Phi) is 5.65. The third kappa shape index (κ3) is 3.98. The minimum absolute atomic E-state index is 0.0550. The highest BCUT2D eigenvalue weighted by Crippen LogP contribution is 2.34. The summed E-state index contributed by atoms with van der Waals surface area (Å²) < 4.78 is 0.900. The van der Waals surface area contributed by atoms with Gasteiger partial charge in [0.1, 0.15) is 10.6 Å². The van der Waals surface area contributed by atoms with Crippen LogP contribution in [0.2, 0.25) is 5.02 Å². The molecule has 0 radical (unpaired) electrons. The van der Waals surface area contributed by atoms with Crippen molar-refractivity contribution in [1.82, 2.24) is 10.7 Å². The molecule has 6 nitrogen and oxygen atoms in total. The average Bonchev–Trinajstić information content (AvgIpc) is 3.10. The van der Waals surface area contributed by atoms with Gasteiger partial charge in [-0.1, -0.05) is 60.1 Å². The summed E-state index contributed by atoms with van der Waals surface area (Å²) >= 11 is 7.55. The van der Waals surface area contributed by atoms with Crippen LogP contribution in [0, 0.1) is 0 Å². The number of nitrogens with zero attached hydrogens (tertiary/aromatic N) is 1. The van der Waals surface area contributed by atoms with Gasteiger partial charge in [-0.25, -0.2) is 5.43 Å². The molecule has 1 heterocycles. The summed E-state index contributed by atoms with van der Waals surface area (Å²) in [7, 11) is 0. The number of hydrazone groups is 1. The van der Waals surface area contributed by atoms with Crippen molar-refractivity contribution in [3.8, 4) is 5.75 Å². The van der Waals surface area contributed by atoms with E-state index in [1.54, 1.807) is 12.1 Å². The molecule has 1 aromatic heterocycles. The second-order valence-electron chi connectivity index (χ2n) is 6.44. The van der Waals surface area contributed by atoms with Gasteiger partial charge in [-0.15, -0.1) is 11.3 Å². The van der Waals surface area contributed by atoms with E-state index in [0.717, 1.165) is 20.9 Å². The number of halogens is 1. The van der Waals surface area contributed by atoms with Crippen LogP contribution >= 0.6 is 22.9 Å². The summed E-state index contributed by atoms with van der Waals surface area (Å²) in [5, 5.41) is 19.5. The molecule has 0 fully saturated rings. The lowest BCUT2D eigenvalue weighted by Gasteiger charge is -2.05. The molecule has 3 N–H and O–H groups in total. The zero-order chi connectivity index (χ0) is 21.1. The number of amides is 2. The number of phenols is 1. The maximum atomic E-state index is 12.4. The fourth-order valence-corrected chi connectivity index (χ4v) is 4.46. The van der Waals surface area contributed by atoms with Crippen molar-refractivity contribution in [2.24, 2.45) is 5.10 Å². The van der Waals surface area contributed by atoms with Crippen molar-refractivity contribution in [2.75, 3.05) is 6.54 Å². The average molecular weight is 438 g/mol. The number of hydrogen-bond donors (Lipinski definition) is 3. The van der Waals surface area contributed by atoms with Crippen LogP contribution in [0.15, 0.2) is 65.8 Å². The first-order valence-electron chi connectivity index (χ1n) is 9.02. The number of carbonyl (C=O) groups excluding carboxylic acids is 2. The van der Waals surface area contributed by atoms with E-state index in [-0.39, 0.29) is 12.3 Å². The van der Waals surface area contributed by atoms with Gasteiger partial charge < -0.3 is 10.4 Å². The van der Waals surface area contributed by atoms with E-state index < -0.39 is 11.8 Å². The van der Waals surface area contributed by atoms with Crippen LogP contribution in [0.25, 0.3) is 20.9 Å². The first-order chi connectivity index (χ1) is 14.5. The maximum Gasteiger partial charge on any atom is 0.263 e. The number of thiophene rings is 1. The SMILES string of the molecule is O=C(CNC(=O)c1sc2ccccc2c1Cl)NN=Cc1c(O)ccc2ccccc12. The van der Waals surface area contributed by atoms with Crippen LogP contribution in [0.1, 0.15) is 15.2 Å². The predicted octanol–water partition coefficient (Wildman–Crippen LogP) is 4.29. The Morgan fingerprint density at radius 2 is 1.77 bits per heavy atom. The number of benzene rings is 3. The number of rotatable bonds is 5. The lowest BCUT2D eigenvalue weighted by atomic mass is 10.0. The first kappa shape index (κ1) is 19.9. The van der Waals surface area contributed by atoms with E-state index in [0.29, 0.717) is 15.5 Å². The predicted molar refractivity (Wildman–Crippen MR) is 121 cm³/mol. The Morgan fingerprint density at radius 3 is 2.57 bits per heavy atom. The van der Waals surface area contributed by atoms with Gasteiger partial charge in [-0.3, -0.25) is 9.59 Å². The molecule has 4 aromatic rings. The van der Waals surface area contributed by atoms with Crippen LogP contribution in [0.3, 0.4) is 0 Å². The third-order valence-electron chi connectivity index (χ3n) is 4.48. The van der Waals surface area contributed by atoms with Crippen LogP contribution < -0.4 is 10.7 Å². The van der Waals surface area contributed by atoms with E-state index in [1.807, 2.05) is 48.5 Å². The second kappa shape index (κ2) is 8.52. The fourth-order valence-electron chi connectivity index (χ4n) is 3.03. The van der Waals surface area contributed by atoms with Crippen LogP contribution in [0.5, 0.6) is 5.75 Å². The summed E-state index contributed by atoms with van der Waals surface area (Å²) in [5.74, 6) is -0.872. The Bertz CT molecular complexity index is 1300. The number of nitrogens with one attached hydrogen (secondary N) is 2. The first-order valence-corrected chi connectivity index (χ1v) is 10.2. The van der Waals surface area contributed by atoms with E-state index in [2.05, 4.69) is 15.8 Å². The lowest BCUT2D eigenvalue weighted by molar-refractivity contribution is -0.120. The van der Waals surface area contributed by atoms with E-state index >= 15 is 0 Å². The van der Waals surface area contributed by atoms with E-state index in [9.17, 15) is 14.7 Å². The molecule has 0 aliphatic carbocycles. The molecular weight excluding hydrogens is 422 g/mol. The minimum atomic E-state index is -0.503. The molecule has 4 rings (SSSR count). The van der Waals surface area contributed by atoms with Gasteiger partial charge in [0.15, 0.2) is 0 Å². The van der Waals surface area contributed by atoms with Crippen molar-refractivity contribution in [3.63, 3.8) is 0 Å². The van der Waals surface area contributed by atoms with Crippen molar-refractivity contribution in [3.05, 3.63) is 76.1 Å². The monoisotopic (exact) mass is 437 g/mol. The molecule has 0 bridgehead atoms. The Morgan fingerprint density at radius 1 is 1.03 bits per heavy atom. The van der Waals surface area contributed by atoms with Crippen molar-refractivity contribution >= 4 is 61.8 Å². The second-order valence-corrected chi connectivity index (χ2v) is 7.87. The van der Waals surface area contributed by atoms with Crippen LogP contribution in [0.4, 0.5) is 0 Å². The van der Waals surface area contributed by atoms with Gasteiger partial charge >= 0.3 is 0 Å². The number of hydrogen-bond acceptors (Lipinski definition) is 5. The molecule has 150 valence electrons. The quantitative estimate of drug-likeness (QED) is 0.321. The molecule has 8 heteroatoms. The molecule has 0 atom stereocenters. The number of carbonyl (C=O) groups is 2. The van der Waals surface area contributed by atoms with Crippen LogP contribution in [-0.2, 0) is 4.79 Å². The highest BCUT2D eigenvalue weighted by molar-refractivity contribution is 7.21. The topological polar surface area (TPSA) is 90.8 Å². The molecule has 30 heavy (non-hydrogen) atoms. The Labute approximate surface area is 180 Å². The molecular formula is C22H16ClN3O3S. The molecule has 0 saturated heterocycles. The van der Waals surface area contributed by atoms with Gasteiger partial charge in [-0.2, -0.15) is 5.10 Å². The zero-order valence-corrected chi connectivity index (χ0v) is 17.1. The molecule has 0 unspecified atom stereocenters. The molecule has 0 aliphatic heterocycles. The Hall–Kier alpha value is -3.42. The zero-order valence-electron chi connectivity index (χ0n) is 15.6. The largest absolute Gasteiger partial charge is 0.507 e. The molecule has 3 aromatic carbocycles. The van der Waals surface area contributed by atoms with E-state index in [4.69, 9.17) is 11.6 Å². The minimum Gasteiger partial charge on any atom is -0.507 e. The summed E-state index contributed by atoms with van der Waals surface area (Å²) in [4.78, 5) is 24.8. The summed E-state index contributed by atoms with van der Waals surface area (Å²) in [6.07, 6.45) is 1.38. The van der Waals surface area contributed by atoms with Gasteiger partial charge in [0.2, 0.25) is 0 Å². The van der Waals surface area contributed by atoms with Gasteiger partial charge in [0, 0.05) is 15.6 Å². The maximum absolute atomic E-state index is 12.4. The summed E-state index contributed by atoms with van der Waals surface area (Å²) in [5.41, 5.74) is 2.84. The number of fused-ring (bicyclic) bond motifs is 2. The fraction of sp³-hybridized carbons (Fsp3) is 0.0455. The van der Waals surface area contributed by atoms with Crippen LogP contribution in [-0.4, -0.2) is 29.7 Å². The number of phenolic OH excluding ortho intramolecular Hbond substituents is 1. The molecule has 0 aliphatic rings. The van der Waals surface area contributed by atoms with E-state index in [1.165, 1.54) is 17.6 Å². The molecule has 0 saturated carbocycles. The van der Waals surface area contributed by atoms with Gasteiger partial charge in [-0.05, 0) is 22.9 Å². The van der Waals surface area contributed by atoms with Crippen molar-refractivity contribution in [1.29, 1.82) is 0 Å². The normalized spacial score (nSPS) is 11.2. The third-order valence-corrected chi connectivity index (χ3v) is 6.16. The summed E-state index contributed by atoms with van der Waals surface area (Å²) in [6, 6.07) is 18.3.